The highest BCUT2D eigenvalue weighted by Crippen LogP contribution is 2.19. The smallest absolute Gasteiger partial charge is 0.274 e. The predicted molar refractivity (Wildman–Crippen MR) is 75.1 cm³/mol. The number of amides is 1. The first kappa shape index (κ1) is 14.8. The molecule has 2 aromatic rings. The van der Waals surface area contributed by atoms with Gasteiger partial charge in [-0.25, -0.2) is 18.7 Å². The van der Waals surface area contributed by atoms with Crippen LogP contribution in [0, 0.1) is 11.6 Å². The maximum atomic E-state index is 13.5. The highest BCUT2D eigenvalue weighted by molar-refractivity contribution is 6.03. The minimum Gasteiger partial charge on any atom is -0.368 e. The standard InChI is InChI=1S/C14H14F2N4O/c1-8(2)19-12-6-11(17-7-18-12)14(21)20-13-9(15)4-3-5-10(13)16/h3-8H,1-2H3,(H,20,21)(H,17,18,19). The molecule has 2 rings (SSSR count). The van der Waals surface area contributed by atoms with Crippen LogP contribution in [0.2, 0.25) is 0 Å². The Balaban J connectivity index is 2.21. The Kier molecular flexibility index (Phi) is 4.42. The van der Waals surface area contributed by atoms with Crippen LogP contribution in [-0.2, 0) is 0 Å². The van der Waals surface area contributed by atoms with Gasteiger partial charge in [-0.1, -0.05) is 6.07 Å². The van der Waals surface area contributed by atoms with Crippen LogP contribution < -0.4 is 10.6 Å². The van der Waals surface area contributed by atoms with Gasteiger partial charge in [-0.3, -0.25) is 4.79 Å². The van der Waals surface area contributed by atoms with Gasteiger partial charge >= 0.3 is 0 Å². The van der Waals surface area contributed by atoms with Crippen molar-refractivity contribution >= 4 is 17.4 Å². The number of anilines is 2. The zero-order chi connectivity index (χ0) is 15.4. The summed E-state index contributed by atoms with van der Waals surface area (Å²) in [7, 11) is 0. The molecule has 0 fully saturated rings. The van der Waals surface area contributed by atoms with Crippen molar-refractivity contribution < 1.29 is 13.6 Å². The first-order chi connectivity index (χ1) is 9.97. The fraction of sp³-hybridized carbons (Fsp3) is 0.214. The second kappa shape index (κ2) is 6.25. The van der Waals surface area contributed by atoms with E-state index in [1.54, 1.807) is 0 Å². The lowest BCUT2D eigenvalue weighted by atomic mass is 10.2. The molecule has 0 saturated heterocycles. The Morgan fingerprint density at radius 3 is 2.48 bits per heavy atom. The molecule has 0 unspecified atom stereocenters. The summed E-state index contributed by atoms with van der Waals surface area (Å²) >= 11 is 0. The van der Waals surface area contributed by atoms with Crippen LogP contribution in [0.4, 0.5) is 20.3 Å². The van der Waals surface area contributed by atoms with E-state index in [1.807, 2.05) is 13.8 Å². The molecule has 1 heterocycles. The van der Waals surface area contributed by atoms with E-state index in [4.69, 9.17) is 0 Å². The highest BCUT2D eigenvalue weighted by atomic mass is 19.1. The maximum Gasteiger partial charge on any atom is 0.274 e. The molecule has 5 nitrogen and oxygen atoms in total. The molecule has 0 bridgehead atoms. The summed E-state index contributed by atoms with van der Waals surface area (Å²) in [6, 6.07) is 4.87. The van der Waals surface area contributed by atoms with Gasteiger partial charge in [0.15, 0.2) is 0 Å². The molecular weight excluding hydrogens is 278 g/mol. The van der Waals surface area contributed by atoms with E-state index in [0.29, 0.717) is 5.82 Å². The monoisotopic (exact) mass is 292 g/mol. The van der Waals surface area contributed by atoms with Gasteiger partial charge in [-0.05, 0) is 26.0 Å². The number of nitrogens with zero attached hydrogens (tertiary/aromatic N) is 2. The van der Waals surface area contributed by atoms with E-state index >= 15 is 0 Å². The van der Waals surface area contributed by atoms with E-state index in [0.717, 1.165) is 12.1 Å². The summed E-state index contributed by atoms with van der Waals surface area (Å²) in [5, 5.41) is 5.18. The number of nitrogens with one attached hydrogen (secondary N) is 2. The number of benzene rings is 1. The molecule has 110 valence electrons. The van der Waals surface area contributed by atoms with Crippen LogP contribution >= 0.6 is 0 Å². The van der Waals surface area contributed by atoms with E-state index in [-0.39, 0.29) is 11.7 Å². The Labute approximate surface area is 120 Å². The topological polar surface area (TPSA) is 66.9 Å². The zero-order valence-electron chi connectivity index (χ0n) is 11.5. The Morgan fingerprint density at radius 1 is 1.19 bits per heavy atom. The van der Waals surface area contributed by atoms with Gasteiger partial charge < -0.3 is 10.6 Å². The number of halogens is 2. The van der Waals surface area contributed by atoms with E-state index in [1.165, 1.54) is 18.5 Å². The summed E-state index contributed by atoms with van der Waals surface area (Å²) < 4.78 is 27.0. The maximum absolute atomic E-state index is 13.5. The first-order valence-electron chi connectivity index (χ1n) is 6.31. The van der Waals surface area contributed by atoms with Crippen LogP contribution in [0.15, 0.2) is 30.6 Å². The Hall–Kier alpha value is -2.57. The quantitative estimate of drug-likeness (QED) is 0.909. The van der Waals surface area contributed by atoms with Crippen molar-refractivity contribution in [3.05, 3.63) is 47.9 Å². The molecule has 2 N–H and O–H groups in total. The van der Waals surface area contributed by atoms with Crippen molar-refractivity contribution in [2.75, 3.05) is 10.6 Å². The summed E-state index contributed by atoms with van der Waals surface area (Å²) in [4.78, 5) is 19.7. The van der Waals surface area contributed by atoms with Crippen molar-refractivity contribution in [1.29, 1.82) is 0 Å². The third-order valence-corrected chi connectivity index (χ3v) is 2.54. The van der Waals surface area contributed by atoms with E-state index < -0.39 is 23.2 Å². The van der Waals surface area contributed by atoms with Crippen LogP contribution in [0.3, 0.4) is 0 Å². The summed E-state index contributed by atoms with van der Waals surface area (Å²) in [6.07, 6.45) is 1.21. The average molecular weight is 292 g/mol. The molecule has 1 aromatic heterocycles. The van der Waals surface area contributed by atoms with Crippen LogP contribution in [0.1, 0.15) is 24.3 Å². The largest absolute Gasteiger partial charge is 0.368 e. The van der Waals surface area contributed by atoms with Crippen molar-refractivity contribution in [3.8, 4) is 0 Å². The SMILES string of the molecule is CC(C)Nc1cc(C(=O)Nc2c(F)cccc2F)ncn1. The fourth-order valence-corrected chi connectivity index (χ4v) is 1.65. The Bertz CT molecular complexity index is 641. The number of hydrogen-bond donors (Lipinski definition) is 2. The van der Waals surface area contributed by atoms with Crippen LogP contribution in [0.25, 0.3) is 0 Å². The van der Waals surface area contributed by atoms with E-state index in [2.05, 4.69) is 20.6 Å². The van der Waals surface area contributed by atoms with Crippen molar-refractivity contribution in [2.24, 2.45) is 0 Å². The van der Waals surface area contributed by atoms with Crippen molar-refractivity contribution in [2.45, 2.75) is 19.9 Å². The third kappa shape index (κ3) is 3.71. The molecule has 0 saturated carbocycles. The molecule has 0 radical (unpaired) electrons. The second-order valence-electron chi connectivity index (χ2n) is 4.64. The fourth-order valence-electron chi connectivity index (χ4n) is 1.65. The third-order valence-electron chi connectivity index (χ3n) is 2.54. The van der Waals surface area contributed by atoms with Crippen molar-refractivity contribution in [3.63, 3.8) is 0 Å². The number of carbonyl (C=O) groups is 1. The number of hydrogen-bond acceptors (Lipinski definition) is 4. The zero-order valence-corrected chi connectivity index (χ0v) is 11.5. The number of para-hydroxylation sites is 1. The molecule has 1 amide bonds. The van der Waals surface area contributed by atoms with Crippen LogP contribution in [-0.4, -0.2) is 21.9 Å². The molecule has 0 atom stereocenters. The minimum absolute atomic E-state index is 0.0100. The molecule has 0 aliphatic carbocycles. The van der Waals surface area contributed by atoms with Crippen LogP contribution in [0.5, 0.6) is 0 Å². The van der Waals surface area contributed by atoms with Gasteiger partial charge in [-0.2, -0.15) is 0 Å². The van der Waals surface area contributed by atoms with Gasteiger partial charge in [0.25, 0.3) is 5.91 Å². The molecule has 21 heavy (non-hydrogen) atoms. The number of rotatable bonds is 4. The summed E-state index contributed by atoms with van der Waals surface area (Å²) in [5.74, 6) is -1.96. The molecule has 7 heteroatoms. The van der Waals surface area contributed by atoms with Gasteiger partial charge in [-0.15, -0.1) is 0 Å². The molecule has 0 spiro atoms. The van der Waals surface area contributed by atoms with Gasteiger partial charge in [0.05, 0.1) is 0 Å². The van der Waals surface area contributed by atoms with Gasteiger partial charge in [0.1, 0.15) is 35.2 Å². The van der Waals surface area contributed by atoms with Gasteiger partial charge in [0, 0.05) is 12.1 Å². The Morgan fingerprint density at radius 2 is 1.86 bits per heavy atom. The number of aromatic nitrogens is 2. The predicted octanol–water partition coefficient (Wildman–Crippen LogP) is 2.83. The second-order valence-corrected chi connectivity index (χ2v) is 4.64. The lowest BCUT2D eigenvalue weighted by molar-refractivity contribution is 0.102. The summed E-state index contributed by atoms with van der Waals surface area (Å²) in [6.45, 7) is 3.83. The first-order valence-corrected chi connectivity index (χ1v) is 6.31. The highest BCUT2D eigenvalue weighted by Gasteiger charge is 2.15. The minimum atomic E-state index is -0.849. The normalized spacial score (nSPS) is 10.5. The lowest BCUT2D eigenvalue weighted by Gasteiger charge is -2.10. The van der Waals surface area contributed by atoms with E-state index in [9.17, 15) is 13.6 Å². The molecule has 1 aromatic carbocycles. The average Bonchev–Trinajstić information content (AvgIpc) is 2.42. The molecule has 0 aliphatic heterocycles. The number of carbonyl (C=O) groups excluding carboxylic acids is 1. The van der Waals surface area contributed by atoms with Crippen molar-refractivity contribution in [1.82, 2.24) is 9.97 Å². The molecular formula is C14H14F2N4O. The molecule has 0 aliphatic rings. The lowest BCUT2D eigenvalue weighted by Crippen LogP contribution is -2.17. The van der Waals surface area contributed by atoms with Gasteiger partial charge in [0.2, 0.25) is 0 Å². The summed E-state index contributed by atoms with van der Waals surface area (Å²) in [5.41, 5.74) is -0.490.